The molecule has 33 heavy (non-hydrogen) atoms. The molecule has 0 aromatic heterocycles. The molecular formula is C27H38N2O3Si. The van der Waals surface area contributed by atoms with E-state index in [0.29, 0.717) is 13.0 Å². The number of hydrogen-bond donors (Lipinski definition) is 1. The van der Waals surface area contributed by atoms with Crippen LogP contribution < -0.4 is 15.7 Å². The van der Waals surface area contributed by atoms with Crippen molar-refractivity contribution in [1.29, 1.82) is 0 Å². The molecule has 1 aliphatic heterocycles. The van der Waals surface area contributed by atoms with Gasteiger partial charge >= 0.3 is 6.09 Å². The highest BCUT2D eigenvalue weighted by atomic mass is 28.3. The number of ether oxygens (including phenoxy) is 1. The predicted molar refractivity (Wildman–Crippen MR) is 137 cm³/mol. The minimum Gasteiger partial charge on any atom is -0.444 e. The molecule has 0 spiro atoms. The van der Waals surface area contributed by atoms with E-state index in [1.54, 1.807) is 4.90 Å². The maximum absolute atomic E-state index is 13.6. The number of nitrogens with one attached hydrogen (secondary N) is 1. The maximum atomic E-state index is 13.6. The van der Waals surface area contributed by atoms with Crippen LogP contribution in [-0.4, -0.2) is 48.8 Å². The van der Waals surface area contributed by atoms with Crippen LogP contribution in [0.25, 0.3) is 0 Å². The molecule has 0 aliphatic carbocycles. The van der Waals surface area contributed by atoms with Crippen molar-refractivity contribution in [1.82, 2.24) is 10.2 Å². The van der Waals surface area contributed by atoms with Crippen molar-refractivity contribution in [2.24, 2.45) is 5.92 Å². The molecule has 6 heteroatoms. The van der Waals surface area contributed by atoms with Crippen LogP contribution in [0.3, 0.4) is 0 Å². The van der Waals surface area contributed by atoms with Crippen molar-refractivity contribution in [3.05, 3.63) is 60.7 Å². The molecule has 2 aromatic rings. The molecule has 2 amide bonds. The zero-order valence-corrected chi connectivity index (χ0v) is 21.8. The number of carbonyl (C=O) groups excluding carboxylic acids is 2. The highest BCUT2D eigenvalue weighted by Crippen LogP contribution is 2.23. The number of hydrogen-bond acceptors (Lipinski definition) is 3. The van der Waals surface area contributed by atoms with E-state index in [1.807, 2.05) is 32.9 Å². The zero-order chi connectivity index (χ0) is 24.2. The lowest BCUT2D eigenvalue weighted by Gasteiger charge is -2.40. The minimum absolute atomic E-state index is 0.0316. The smallest absolute Gasteiger partial charge is 0.410 e. The van der Waals surface area contributed by atoms with Crippen molar-refractivity contribution in [3.8, 4) is 0 Å². The number of amides is 2. The first kappa shape index (κ1) is 25.0. The molecule has 2 atom stereocenters. The second-order valence-corrected chi connectivity index (χ2v) is 14.7. The van der Waals surface area contributed by atoms with Crippen LogP contribution in [0.1, 0.15) is 47.5 Å². The molecule has 1 aliphatic rings. The van der Waals surface area contributed by atoms with Crippen LogP contribution in [0.2, 0.25) is 6.55 Å². The van der Waals surface area contributed by atoms with Crippen molar-refractivity contribution >= 4 is 30.4 Å². The van der Waals surface area contributed by atoms with Gasteiger partial charge in [0.15, 0.2) is 0 Å². The Bertz CT molecular complexity index is 901. The van der Waals surface area contributed by atoms with Gasteiger partial charge in [-0.15, -0.1) is 0 Å². The van der Waals surface area contributed by atoms with Crippen LogP contribution >= 0.6 is 0 Å². The predicted octanol–water partition coefficient (Wildman–Crippen LogP) is 3.96. The van der Waals surface area contributed by atoms with Gasteiger partial charge in [0.05, 0.1) is 0 Å². The minimum atomic E-state index is -2.36. The molecule has 5 nitrogen and oxygen atoms in total. The Labute approximate surface area is 199 Å². The van der Waals surface area contributed by atoms with Crippen molar-refractivity contribution in [3.63, 3.8) is 0 Å². The van der Waals surface area contributed by atoms with Gasteiger partial charge in [-0.05, 0) is 39.5 Å². The monoisotopic (exact) mass is 466 g/mol. The second kappa shape index (κ2) is 10.1. The van der Waals surface area contributed by atoms with Crippen LogP contribution in [-0.2, 0) is 9.53 Å². The number of nitrogens with zero attached hydrogens (tertiary/aromatic N) is 1. The van der Waals surface area contributed by atoms with Crippen LogP contribution in [0, 0.1) is 5.92 Å². The third kappa shape index (κ3) is 5.67. The zero-order valence-electron chi connectivity index (χ0n) is 20.8. The summed E-state index contributed by atoms with van der Waals surface area (Å²) in [6, 6.07) is 20.6. The first-order valence-corrected chi connectivity index (χ1v) is 14.5. The number of rotatable bonds is 6. The Morgan fingerprint density at radius 1 is 1.00 bits per heavy atom. The van der Waals surface area contributed by atoms with Gasteiger partial charge in [0.25, 0.3) is 0 Å². The third-order valence-electron chi connectivity index (χ3n) is 6.52. The lowest BCUT2D eigenvalue weighted by Crippen LogP contribution is -2.71. The molecule has 0 unspecified atom stereocenters. The Morgan fingerprint density at radius 2 is 1.52 bits per heavy atom. The lowest BCUT2D eigenvalue weighted by molar-refractivity contribution is -0.126. The molecule has 0 saturated carbocycles. The van der Waals surface area contributed by atoms with Gasteiger partial charge in [-0.3, -0.25) is 9.69 Å². The topological polar surface area (TPSA) is 58.6 Å². The van der Waals surface area contributed by atoms with E-state index in [2.05, 4.69) is 74.2 Å². The van der Waals surface area contributed by atoms with Crippen molar-refractivity contribution in [2.75, 3.05) is 6.54 Å². The quantitative estimate of drug-likeness (QED) is 0.656. The average molecular weight is 467 g/mol. The fourth-order valence-electron chi connectivity index (χ4n) is 4.90. The summed E-state index contributed by atoms with van der Waals surface area (Å²) >= 11 is 0. The van der Waals surface area contributed by atoms with E-state index in [9.17, 15) is 9.59 Å². The summed E-state index contributed by atoms with van der Waals surface area (Å²) in [5.41, 5.74) is -0.622. The van der Waals surface area contributed by atoms with Crippen LogP contribution in [0.4, 0.5) is 4.79 Å². The van der Waals surface area contributed by atoms with E-state index in [-0.39, 0.29) is 17.5 Å². The van der Waals surface area contributed by atoms with E-state index in [0.717, 1.165) is 6.42 Å². The molecule has 0 bridgehead atoms. The van der Waals surface area contributed by atoms with E-state index in [1.165, 1.54) is 10.4 Å². The van der Waals surface area contributed by atoms with Gasteiger partial charge in [-0.1, -0.05) is 91.4 Å². The molecule has 1 fully saturated rings. The highest BCUT2D eigenvalue weighted by molar-refractivity contribution is 7.02. The fourth-order valence-corrected chi connectivity index (χ4v) is 9.49. The molecule has 178 valence electrons. The summed E-state index contributed by atoms with van der Waals surface area (Å²) in [5, 5.41) is 5.98. The largest absolute Gasteiger partial charge is 0.444 e. The van der Waals surface area contributed by atoms with Gasteiger partial charge in [0.1, 0.15) is 19.7 Å². The second-order valence-electron chi connectivity index (χ2n) is 10.5. The van der Waals surface area contributed by atoms with E-state index < -0.39 is 25.8 Å². The summed E-state index contributed by atoms with van der Waals surface area (Å²) < 4.78 is 5.58. The fraction of sp³-hybridized carbons (Fsp3) is 0.481. The number of carbonyl (C=O) groups is 2. The summed E-state index contributed by atoms with van der Waals surface area (Å²) in [7, 11) is -2.36. The molecule has 3 rings (SSSR count). The average Bonchev–Trinajstić information content (AvgIpc) is 3.27. The van der Waals surface area contributed by atoms with Gasteiger partial charge in [-0.25, -0.2) is 4.79 Å². The van der Waals surface area contributed by atoms with Gasteiger partial charge < -0.3 is 10.1 Å². The summed E-state index contributed by atoms with van der Waals surface area (Å²) in [6.45, 7) is 12.8. The highest BCUT2D eigenvalue weighted by Gasteiger charge is 2.45. The first-order valence-electron chi connectivity index (χ1n) is 11.9. The Hall–Kier alpha value is -2.60. The van der Waals surface area contributed by atoms with Gasteiger partial charge in [0, 0.05) is 12.2 Å². The molecule has 0 radical (unpaired) electrons. The van der Waals surface area contributed by atoms with Gasteiger partial charge in [0.2, 0.25) is 5.91 Å². The van der Waals surface area contributed by atoms with Crippen molar-refractivity contribution < 1.29 is 14.3 Å². The van der Waals surface area contributed by atoms with E-state index >= 15 is 0 Å². The van der Waals surface area contributed by atoms with Gasteiger partial charge in [-0.2, -0.15) is 0 Å². The Kier molecular flexibility index (Phi) is 7.68. The summed E-state index contributed by atoms with van der Waals surface area (Å²) in [4.78, 5) is 28.0. The summed E-state index contributed by atoms with van der Waals surface area (Å²) in [5.74, 6) is 0.144. The SMILES string of the molecule is CC(C)[C@H](NC(=O)[C@@H]1CCCN1C(=O)OC(C)(C)C)[Si](C)(c1ccccc1)c1ccccc1. The van der Waals surface area contributed by atoms with Crippen LogP contribution in [0.5, 0.6) is 0 Å². The molecule has 1 heterocycles. The molecule has 1 N–H and O–H groups in total. The maximum Gasteiger partial charge on any atom is 0.410 e. The standard InChI is InChI=1S/C27H38N2O3Si/c1-20(2)25(28-24(30)23-18-13-19-29(23)26(31)32-27(3,4)5)33(6,21-14-9-7-10-15-21)22-16-11-8-12-17-22/h7-12,14-17,20,23,25H,13,18-19H2,1-6H3,(H,28,30)/t23-,25+/m0/s1. The first-order chi connectivity index (χ1) is 15.5. The molecule has 2 aromatic carbocycles. The Morgan fingerprint density at radius 3 is 1.97 bits per heavy atom. The van der Waals surface area contributed by atoms with E-state index in [4.69, 9.17) is 4.74 Å². The Balaban J connectivity index is 1.92. The third-order valence-corrected chi connectivity index (χ3v) is 11.6. The van der Waals surface area contributed by atoms with Crippen LogP contribution in [0.15, 0.2) is 60.7 Å². The molecule has 1 saturated heterocycles. The number of likely N-dealkylation sites (tertiary alicyclic amines) is 1. The van der Waals surface area contributed by atoms with Crippen molar-refractivity contribution in [2.45, 2.75) is 71.3 Å². The summed E-state index contributed by atoms with van der Waals surface area (Å²) in [6.07, 6.45) is 1.05. The molecular weight excluding hydrogens is 428 g/mol. The number of benzene rings is 2. The lowest BCUT2D eigenvalue weighted by atomic mass is 10.1. The normalized spacial score (nSPS) is 17.7.